The van der Waals surface area contributed by atoms with Crippen LogP contribution in [-0.4, -0.2) is 34.2 Å². The third-order valence-corrected chi connectivity index (χ3v) is 2.48. The Morgan fingerprint density at radius 2 is 2.10 bits per heavy atom. The number of nitriles is 1. The minimum absolute atomic E-state index is 0.205. The highest BCUT2D eigenvalue weighted by atomic mass is 19.4. The van der Waals surface area contributed by atoms with Gasteiger partial charge in [0.2, 0.25) is 0 Å². The molecule has 1 rings (SSSR count). The number of pyridine rings is 1. The number of nitrogens with zero attached hydrogens (tertiary/aromatic N) is 2. The van der Waals surface area contributed by atoms with Gasteiger partial charge in [0, 0.05) is 0 Å². The molecule has 1 aromatic rings. The number of hydrogen-bond acceptors (Lipinski definition) is 4. The number of rotatable bonds is 4. The number of carbonyl (C=O) groups is 2. The van der Waals surface area contributed by atoms with Gasteiger partial charge in [-0.05, 0) is 19.1 Å². The van der Waals surface area contributed by atoms with Crippen LogP contribution in [0.4, 0.5) is 13.2 Å². The molecule has 1 heterocycles. The summed E-state index contributed by atoms with van der Waals surface area (Å²) in [5, 5.41) is 19.1. The molecule has 1 aromatic heterocycles. The molecule has 21 heavy (non-hydrogen) atoms. The minimum atomic E-state index is -4.73. The number of aliphatic carboxylic acids is 1. The van der Waals surface area contributed by atoms with Gasteiger partial charge in [-0.25, -0.2) is 9.78 Å². The standard InChI is InChI=1S/C12H10F3N3O3/c1-6-7(5-16)2-3-8(17-6)10(19)18-9(11(20)21)4-12(13,14)15/h2-3,9H,4H2,1H3,(H,18,19)(H,20,21). The molecule has 112 valence electrons. The highest BCUT2D eigenvalue weighted by Gasteiger charge is 2.36. The molecule has 0 bridgehead atoms. The van der Waals surface area contributed by atoms with Crippen LogP contribution in [0.5, 0.6) is 0 Å². The van der Waals surface area contributed by atoms with Crippen molar-refractivity contribution in [3.63, 3.8) is 0 Å². The number of amides is 1. The summed E-state index contributed by atoms with van der Waals surface area (Å²) in [6.07, 6.45) is -6.42. The van der Waals surface area contributed by atoms with Crippen LogP contribution in [0.2, 0.25) is 0 Å². The zero-order valence-corrected chi connectivity index (χ0v) is 10.7. The lowest BCUT2D eigenvalue weighted by Crippen LogP contribution is -2.43. The van der Waals surface area contributed by atoms with Crippen LogP contribution in [-0.2, 0) is 4.79 Å². The topological polar surface area (TPSA) is 103 Å². The summed E-state index contributed by atoms with van der Waals surface area (Å²) in [6, 6.07) is 2.12. The predicted molar refractivity (Wildman–Crippen MR) is 63.3 cm³/mol. The zero-order valence-electron chi connectivity index (χ0n) is 10.7. The van der Waals surface area contributed by atoms with E-state index in [0.717, 1.165) is 6.07 Å². The Balaban J connectivity index is 2.90. The molecule has 6 nitrogen and oxygen atoms in total. The molecule has 1 unspecified atom stereocenters. The molecular weight excluding hydrogens is 291 g/mol. The number of carboxylic acid groups (broad SMARTS) is 1. The summed E-state index contributed by atoms with van der Waals surface area (Å²) < 4.78 is 36.6. The Bertz CT molecular complexity index is 608. The summed E-state index contributed by atoms with van der Waals surface area (Å²) in [6.45, 7) is 1.44. The van der Waals surface area contributed by atoms with E-state index >= 15 is 0 Å². The van der Waals surface area contributed by atoms with Crippen molar-refractivity contribution >= 4 is 11.9 Å². The summed E-state index contributed by atoms with van der Waals surface area (Å²) >= 11 is 0. The van der Waals surface area contributed by atoms with E-state index in [1.807, 2.05) is 6.07 Å². The minimum Gasteiger partial charge on any atom is -0.480 e. The fraction of sp³-hybridized carbons (Fsp3) is 0.333. The molecule has 0 fully saturated rings. The maximum atomic E-state index is 12.2. The van der Waals surface area contributed by atoms with Gasteiger partial charge in [-0.15, -0.1) is 0 Å². The normalized spacial score (nSPS) is 12.3. The van der Waals surface area contributed by atoms with Crippen LogP contribution >= 0.6 is 0 Å². The van der Waals surface area contributed by atoms with Gasteiger partial charge in [0.25, 0.3) is 5.91 Å². The van der Waals surface area contributed by atoms with Crippen molar-refractivity contribution in [1.29, 1.82) is 5.26 Å². The van der Waals surface area contributed by atoms with Crippen LogP contribution in [0.25, 0.3) is 0 Å². The number of halogens is 3. The molecular formula is C12H10F3N3O3. The highest BCUT2D eigenvalue weighted by Crippen LogP contribution is 2.21. The fourth-order valence-corrected chi connectivity index (χ4v) is 1.47. The first-order chi connectivity index (χ1) is 9.64. The molecule has 0 spiro atoms. The molecule has 0 radical (unpaired) electrons. The van der Waals surface area contributed by atoms with Crippen molar-refractivity contribution in [2.45, 2.75) is 25.6 Å². The summed E-state index contributed by atoms with van der Waals surface area (Å²) in [7, 11) is 0. The smallest absolute Gasteiger partial charge is 0.391 e. The van der Waals surface area contributed by atoms with E-state index in [-0.39, 0.29) is 17.0 Å². The predicted octanol–water partition coefficient (Wildman–Crippen LogP) is 1.40. The van der Waals surface area contributed by atoms with E-state index in [9.17, 15) is 22.8 Å². The molecule has 0 aliphatic rings. The molecule has 2 N–H and O–H groups in total. The highest BCUT2D eigenvalue weighted by molar-refractivity contribution is 5.95. The Kier molecular flexibility index (Phi) is 4.86. The SMILES string of the molecule is Cc1nc(C(=O)NC(CC(F)(F)F)C(=O)O)ccc1C#N. The number of carboxylic acids is 1. The second-order valence-corrected chi connectivity index (χ2v) is 4.12. The zero-order chi connectivity index (χ0) is 16.2. The van der Waals surface area contributed by atoms with Gasteiger partial charge < -0.3 is 10.4 Å². The Hall–Kier alpha value is -2.63. The molecule has 0 aliphatic heterocycles. The monoisotopic (exact) mass is 301 g/mol. The van der Waals surface area contributed by atoms with Gasteiger partial charge >= 0.3 is 12.1 Å². The first-order valence-electron chi connectivity index (χ1n) is 5.62. The summed E-state index contributed by atoms with van der Waals surface area (Å²) in [5.41, 5.74) is 0.157. The van der Waals surface area contributed by atoms with E-state index in [1.165, 1.54) is 13.0 Å². The molecule has 0 aromatic carbocycles. The van der Waals surface area contributed by atoms with Crippen LogP contribution in [0.1, 0.15) is 28.2 Å². The number of nitrogens with one attached hydrogen (secondary N) is 1. The molecule has 9 heteroatoms. The van der Waals surface area contributed by atoms with Crippen molar-refractivity contribution < 1.29 is 27.9 Å². The van der Waals surface area contributed by atoms with Crippen molar-refractivity contribution in [3.8, 4) is 6.07 Å². The van der Waals surface area contributed by atoms with Crippen molar-refractivity contribution in [1.82, 2.24) is 10.3 Å². The lowest BCUT2D eigenvalue weighted by atomic mass is 10.1. The lowest BCUT2D eigenvalue weighted by molar-refractivity contribution is -0.157. The second-order valence-electron chi connectivity index (χ2n) is 4.12. The lowest BCUT2D eigenvalue weighted by Gasteiger charge is -2.16. The number of aryl methyl sites for hydroxylation is 1. The maximum Gasteiger partial charge on any atom is 0.391 e. The number of aromatic nitrogens is 1. The molecule has 0 aliphatic carbocycles. The number of hydrogen-bond donors (Lipinski definition) is 2. The summed E-state index contributed by atoms with van der Waals surface area (Å²) in [4.78, 5) is 26.2. The van der Waals surface area contributed by atoms with Crippen LogP contribution in [0.3, 0.4) is 0 Å². The Morgan fingerprint density at radius 3 is 2.52 bits per heavy atom. The van der Waals surface area contributed by atoms with Crippen LogP contribution in [0.15, 0.2) is 12.1 Å². The van der Waals surface area contributed by atoms with E-state index in [0.29, 0.717) is 0 Å². The molecule has 0 saturated carbocycles. The number of carbonyl (C=O) groups excluding carboxylic acids is 1. The molecule has 0 saturated heterocycles. The van der Waals surface area contributed by atoms with Crippen LogP contribution in [0, 0.1) is 18.3 Å². The first kappa shape index (κ1) is 16.4. The van der Waals surface area contributed by atoms with Crippen molar-refractivity contribution in [2.75, 3.05) is 0 Å². The quantitative estimate of drug-likeness (QED) is 0.875. The second kappa shape index (κ2) is 6.21. The average molecular weight is 301 g/mol. The van der Waals surface area contributed by atoms with Crippen molar-refractivity contribution in [2.24, 2.45) is 0 Å². The summed E-state index contributed by atoms with van der Waals surface area (Å²) in [5.74, 6) is -2.86. The third-order valence-electron chi connectivity index (χ3n) is 2.48. The van der Waals surface area contributed by atoms with E-state index in [4.69, 9.17) is 10.4 Å². The van der Waals surface area contributed by atoms with Gasteiger partial charge in [-0.3, -0.25) is 4.79 Å². The maximum absolute atomic E-state index is 12.2. The van der Waals surface area contributed by atoms with Gasteiger partial charge in [0.05, 0.1) is 17.7 Å². The molecule has 1 amide bonds. The molecule has 1 atom stereocenters. The van der Waals surface area contributed by atoms with Crippen LogP contribution < -0.4 is 5.32 Å². The fourth-order valence-electron chi connectivity index (χ4n) is 1.47. The van der Waals surface area contributed by atoms with Gasteiger partial charge in [0.1, 0.15) is 17.8 Å². The van der Waals surface area contributed by atoms with Crippen molar-refractivity contribution in [3.05, 3.63) is 29.1 Å². The Labute approximate surface area is 117 Å². The van der Waals surface area contributed by atoms with Gasteiger partial charge in [-0.2, -0.15) is 18.4 Å². The largest absolute Gasteiger partial charge is 0.480 e. The van der Waals surface area contributed by atoms with E-state index < -0.39 is 30.5 Å². The number of alkyl halides is 3. The van der Waals surface area contributed by atoms with Gasteiger partial charge in [-0.1, -0.05) is 0 Å². The first-order valence-corrected chi connectivity index (χ1v) is 5.62. The van der Waals surface area contributed by atoms with Gasteiger partial charge in [0.15, 0.2) is 0 Å². The van der Waals surface area contributed by atoms with E-state index in [1.54, 1.807) is 5.32 Å². The Morgan fingerprint density at radius 1 is 1.48 bits per heavy atom. The third kappa shape index (κ3) is 4.76. The van der Waals surface area contributed by atoms with E-state index in [2.05, 4.69) is 4.98 Å². The average Bonchev–Trinajstić information content (AvgIpc) is 2.36.